The summed E-state index contributed by atoms with van der Waals surface area (Å²) in [6.45, 7) is 5.63. The first-order valence-electron chi connectivity index (χ1n) is 8.59. The molecular formula is C19H25N3O2. The van der Waals surface area contributed by atoms with E-state index in [1.54, 1.807) is 6.20 Å². The molecule has 5 heteroatoms. The van der Waals surface area contributed by atoms with Gasteiger partial charge in [-0.1, -0.05) is 0 Å². The van der Waals surface area contributed by atoms with Crippen molar-refractivity contribution in [3.63, 3.8) is 0 Å². The molecule has 1 aliphatic carbocycles. The number of hydrogen-bond donors (Lipinski definition) is 1. The fourth-order valence-corrected chi connectivity index (χ4v) is 3.05. The number of aromatic nitrogens is 2. The minimum Gasteiger partial charge on any atom is -0.444 e. The molecule has 1 amide bonds. The third kappa shape index (κ3) is 4.43. The Balaban J connectivity index is 1.42. The second kappa shape index (κ2) is 6.75. The Morgan fingerprint density at radius 1 is 1.29 bits per heavy atom. The van der Waals surface area contributed by atoms with Crippen molar-refractivity contribution in [1.82, 2.24) is 15.3 Å². The molecule has 1 N–H and O–H groups in total. The molecule has 128 valence electrons. The zero-order valence-electron chi connectivity index (χ0n) is 14.6. The number of nitrogens with zero attached hydrogens (tertiary/aromatic N) is 2. The fraction of sp³-hybridized carbons (Fsp3) is 0.526. The van der Waals surface area contributed by atoms with Crippen LogP contribution < -0.4 is 5.32 Å². The van der Waals surface area contributed by atoms with Gasteiger partial charge in [0, 0.05) is 23.3 Å². The molecule has 0 unspecified atom stereocenters. The van der Waals surface area contributed by atoms with Crippen LogP contribution in [0.25, 0.3) is 11.0 Å². The Labute approximate surface area is 142 Å². The third-order valence-corrected chi connectivity index (χ3v) is 4.29. The summed E-state index contributed by atoms with van der Waals surface area (Å²) < 4.78 is 5.28. The number of carbonyl (C=O) groups is 1. The van der Waals surface area contributed by atoms with Crippen molar-refractivity contribution < 1.29 is 9.53 Å². The van der Waals surface area contributed by atoms with Gasteiger partial charge in [0.15, 0.2) is 5.65 Å². The third-order valence-electron chi connectivity index (χ3n) is 4.29. The summed E-state index contributed by atoms with van der Waals surface area (Å²) in [6.07, 6.45) is 5.55. The number of ether oxygens (including phenoxy) is 1. The van der Waals surface area contributed by atoms with Crippen molar-refractivity contribution in [1.29, 1.82) is 0 Å². The number of hydrogen-bond acceptors (Lipinski definition) is 4. The van der Waals surface area contributed by atoms with Crippen molar-refractivity contribution in [2.24, 2.45) is 5.92 Å². The molecule has 1 fully saturated rings. The van der Waals surface area contributed by atoms with E-state index in [1.165, 1.54) is 0 Å². The van der Waals surface area contributed by atoms with Crippen LogP contribution in [0.5, 0.6) is 0 Å². The number of pyridine rings is 2. The number of alkyl carbamates (subject to hydrolysis) is 1. The highest BCUT2D eigenvalue weighted by atomic mass is 16.6. The van der Waals surface area contributed by atoms with E-state index in [1.807, 2.05) is 32.9 Å². The van der Waals surface area contributed by atoms with Crippen LogP contribution in [0.15, 0.2) is 30.5 Å². The van der Waals surface area contributed by atoms with Gasteiger partial charge in [0.25, 0.3) is 0 Å². The molecule has 0 aliphatic heterocycles. The largest absolute Gasteiger partial charge is 0.444 e. The monoisotopic (exact) mass is 327 g/mol. The summed E-state index contributed by atoms with van der Waals surface area (Å²) in [5.41, 5.74) is 1.46. The van der Waals surface area contributed by atoms with Crippen molar-refractivity contribution in [2.45, 2.75) is 58.1 Å². The van der Waals surface area contributed by atoms with Crippen molar-refractivity contribution >= 4 is 17.1 Å². The lowest BCUT2D eigenvalue weighted by atomic mass is 9.77. The first kappa shape index (κ1) is 16.7. The highest BCUT2D eigenvalue weighted by molar-refractivity contribution is 5.74. The predicted molar refractivity (Wildman–Crippen MR) is 93.7 cm³/mol. The minimum absolute atomic E-state index is 0.246. The maximum absolute atomic E-state index is 11.7. The summed E-state index contributed by atoms with van der Waals surface area (Å²) >= 11 is 0. The van der Waals surface area contributed by atoms with Crippen LogP contribution in [0.1, 0.15) is 45.7 Å². The Morgan fingerprint density at radius 3 is 2.83 bits per heavy atom. The average Bonchev–Trinajstić information content (AvgIpc) is 2.47. The molecule has 3 rings (SSSR count). The van der Waals surface area contributed by atoms with Gasteiger partial charge in [-0.25, -0.2) is 14.8 Å². The lowest BCUT2D eigenvalue weighted by molar-refractivity contribution is 0.0449. The van der Waals surface area contributed by atoms with Gasteiger partial charge < -0.3 is 10.1 Å². The Hall–Kier alpha value is -2.17. The lowest BCUT2D eigenvalue weighted by Crippen LogP contribution is -2.46. The molecular weight excluding hydrogens is 302 g/mol. The summed E-state index contributed by atoms with van der Waals surface area (Å²) in [5, 5.41) is 4.01. The van der Waals surface area contributed by atoms with Crippen LogP contribution in [0, 0.1) is 5.92 Å². The molecule has 2 aromatic rings. The summed E-state index contributed by atoms with van der Waals surface area (Å²) in [4.78, 5) is 20.6. The summed E-state index contributed by atoms with van der Waals surface area (Å²) in [5.74, 6) is 0.645. The van der Waals surface area contributed by atoms with Crippen molar-refractivity contribution in [3.05, 3.63) is 36.2 Å². The van der Waals surface area contributed by atoms with Crippen LogP contribution >= 0.6 is 0 Å². The number of aryl methyl sites for hydroxylation is 1. The van der Waals surface area contributed by atoms with Gasteiger partial charge in [0.05, 0.1) is 0 Å². The molecule has 0 atom stereocenters. The SMILES string of the molecule is CC(C)(C)OC(=O)NC1CC(CCc2ccc3cccnc3n2)C1. The second-order valence-electron chi connectivity index (χ2n) is 7.57. The molecule has 2 heterocycles. The summed E-state index contributed by atoms with van der Waals surface area (Å²) in [6, 6.07) is 8.36. The van der Waals surface area contributed by atoms with E-state index in [2.05, 4.69) is 27.4 Å². The van der Waals surface area contributed by atoms with Gasteiger partial charge in [-0.15, -0.1) is 0 Å². The van der Waals surface area contributed by atoms with Crippen LogP contribution in [0.4, 0.5) is 4.79 Å². The quantitative estimate of drug-likeness (QED) is 0.926. The first-order chi connectivity index (χ1) is 11.4. The number of carbonyl (C=O) groups excluding carboxylic acids is 1. The van der Waals surface area contributed by atoms with E-state index < -0.39 is 5.60 Å². The Morgan fingerprint density at radius 2 is 2.08 bits per heavy atom. The zero-order chi connectivity index (χ0) is 17.2. The Bertz CT molecular complexity index is 718. The molecule has 0 spiro atoms. The van der Waals surface area contributed by atoms with Gasteiger partial charge in [0.2, 0.25) is 0 Å². The number of amides is 1. The standard InChI is InChI=1S/C19H25N3O2/c1-19(2,3)24-18(23)22-16-11-13(12-16)6-8-15-9-7-14-5-4-10-20-17(14)21-15/h4-5,7,9-10,13,16H,6,8,11-12H2,1-3H3,(H,22,23). The predicted octanol–water partition coefficient (Wildman–Crippen LogP) is 3.87. The average molecular weight is 327 g/mol. The van der Waals surface area contributed by atoms with E-state index in [-0.39, 0.29) is 12.1 Å². The first-order valence-corrected chi connectivity index (χ1v) is 8.59. The molecule has 0 aromatic carbocycles. The van der Waals surface area contributed by atoms with Crippen molar-refractivity contribution in [3.8, 4) is 0 Å². The van der Waals surface area contributed by atoms with Gasteiger partial charge in [-0.05, 0) is 76.6 Å². The van der Waals surface area contributed by atoms with E-state index in [0.29, 0.717) is 5.92 Å². The van der Waals surface area contributed by atoms with Crippen molar-refractivity contribution in [2.75, 3.05) is 0 Å². The molecule has 5 nitrogen and oxygen atoms in total. The highest BCUT2D eigenvalue weighted by Crippen LogP contribution is 2.31. The summed E-state index contributed by atoms with van der Waals surface area (Å²) in [7, 11) is 0. The molecule has 1 saturated carbocycles. The van der Waals surface area contributed by atoms with Crippen LogP contribution in [-0.2, 0) is 11.2 Å². The van der Waals surface area contributed by atoms with Gasteiger partial charge in [0.1, 0.15) is 5.60 Å². The second-order valence-corrected chi connectivity index (χ2v) is 7.57. The molecule has 1 aliphatic rings. The minimum atomic E-state index is -0.441. The molecule has 2 aromatic heterocycles. The molecule has 24 heavy (non-hydrogen) atoms. The topological polar surface area (TPSA) is 64.1 Å². The maximum atomic E-state index is 11.7. The molecule has 0 saturated heterocycles. The number of fused-ring (bicyclic) bond motifs is 1. The van der Waals surface area contributed by atoms with E-state index in [9.17, 15) is 4.79 Å². The van der Waals surface area contributed by atoms with Gasteiger partial charge >= 0.3 is 6.09 Å². The van der Waals surface area contributed by atoms with Crippen LogP contribution in [0.3, 0.4) is 0 Å². The lowest BCUT2D eigenvalue weighted by Gasteiger charge is -2.36. The maximum Gasteiger partial charge on any atom is 0.407 e. The highest BCUT2D eigenvalue weighted by Gasteiger charge is 2.31. The number of nitrogens with one attached hydrogen (secondary N) is 1. The number of rotatable bonds is 4. The van der Waals surface area contributed by atoms with E-state index in [0.717, 1.165) is 42.4 Å². The smallest absolute Gasteiger partial charge is 0.407 e. The molecule has 0 bridgehead atoms. The van der Waals surface area contributed by atoms with Crippen LogP contribution in [0.2, 0.25) is 0 Å². The normalized spacial score (nSPS) is 20.5. The van der Waals surface area contributed by atoms with E-state index in [4.69, 9.17) is 4.74 Å². The van der Waals surface area contributed by atoms with Gasteiger partial charge in [-0.3, -0.25) is 0 Å². The zero-order valence-corrected chi connectivity index (χ0v) is 14.6. The Kier molecular flexibility index (Phi) is 4.69. The fourth-order valence-electron chi connectivity index (χ4n) is 3.05. The van der Waals surface area contributed by atoms with E-state index >= 15 is 0 Å². The van der Waals surface area contributed by atoms with Gasteiger partial charge in [-0.2, -0.15) is 0 Å². The van der Waals surface area contributed by atoms with Crippen LogP contribution in [-0.4, -0.2) is 27.7 Å². The molecule has 0 radical (unpaired) electrons.